The number of carboxylic acid groups (broad SMARTS) is 1. The maximum atomic E-state index is 13.9. The summed E-state index contributed by atoms with van der Waals surface area (Å²) < 4.78 is 13.9. The number of rotatable bonds is 4. The highest BCUT2D eigenvalue weighted by atomic mass is 19.1. The van der Waals surface area contributed by atoms with E-state index in [1.165, 1.54) is 6.20 Å². The van der Waals surface area contributed by atoms with Crippen LogP contribution in [0.15, 0.2) is 36.5 Å². The molecule has 4 nitrogen and oxygen atoms in total. The van der Waals surface area contributed by atoms with Crippen molar-refractivity contribution in [1.82, 2.24) is 4.98 Å². The zero-order valence-electron chi connectivity index (χ0n) is 10.4. The molecule has 0 atom stereocenters. The first kappa shape index (κ1) is 13.0. The highest BCUT2D eigenvalue weighted by molar-refractivity contribution is 5.89. The Labute approximate surface area is 109 Å². The summed E-state index contributed by atoms with van der Waals surface area (Å²) in [4.78, 5) is 14.7. The van der Waals surface area contributed by atoms with E-state index in [-0.39, 0.29) is 5.82 Å². The lowest BCUT2D eigenvalue weighted by Gasteiger charge is -2.11. The van der Waals surface area contributed by atoms with Crippen LogP contribution in [0.4, 0.5) is 15.9 Å². The number of hydrogen-bond acceptors (Lipinski definition) is 3. The molecule has 0 fully saturated rings. The third kappa shape index (κ3) is 2.70. The molecule has 5 heteroatoms. The summed E-state index contributed by atoms with van der Waals surface area (Å²) in [7, 11) is 0. The zero-order chi connectivity index (χ0) is 13.8. The fraction of sp³-hybridized carbons (Fsp3) is 0.143. The Kier molecular flexibility index (Phi) is 3.75. The molecular weight excluding hydrogens is 247 g/mol. The van der Waals surface area contributed by atoms with E-state index in [4.69, 9.17) is 5.11 Å². The molecular formula is C14H13FN2O2. The van der Waals surface area contributed by atoms with Crippen molar-refractivity contribution in [2.75, 3.05) is 5.32 Å². The van der Waals surface area contributed by atoms with Gasteiger partial charge in [-0.2, -0.15) is 0 Å². The van der Waals surface area contributed by atoms with Crippen LogP contribution in [0.3, 0.4) is 0 Å². The molecule has 1 aromatic carbocycles. The van der Waals surface area contributed by atoms with Gasteiger partial charge in [0, 0.05) is 11.9 Å². The number of aromatic nitrogens is 1. The first-order valence-corrected chi connectivity index (χ1v) is 5.86. The Morgan fingerprint density at radius 1 is 1.37 bits per heavy atom. The molecule has 19 heavy (non-hydrogen) atoms. The quantitative estimate of drug-likeness (QED) is 0.886. The summed E-state index contributed by atoms with van der Waals surface area (Å²) in [5.74, 6) is -2.26. The van der Waals surface area contributed by atoms with Gasteiger partial charge in [0.25, 0.3) is 0 Å². The lowest BCUT2D eigenvalue weighted by Crippen LogP contribution is -2.06. The van der Waals surface area contributed by atoms with Gasteiger partial charge in [0.15, 0.2) is 11.6 Å². The van der Waals surface area contributed by atoms with E-state index in [0.717, 1.165) is 23.7 Å². The molecule has 0 aliphatic heterocycles. The molecule has 2 rings (SSSR count). The van der Waals surface area contributed by atoms with Gasteiger partial charge in [-0.1, -0.05) is 25.1 Å². The van der Waals surface area contributed by atoms with Crippen molar-refractivity contribution in [2.24, 2.45) is 0 Å². The third-order valence-corrected chi connectivity index (χ3v) is 2.77. The van der Waals surface area contributed by atoms with Gasteiger partial charge in [0.2, 0.25) is 0 Å². The maximum absolute atomic E-state index is 13.9. The van der Waals surface area contributed by atoms with Gasteiger partial charge in [-0.3, -0.25) is 0 Å². The van der Waals surface area contributed by atoms with E-state index in [1.54, 1.807) is 6.07 Å². The van der Waals surface area contributed by atoms with E-state index in [9.17, 15) is 9.18 Å². The molecule has 0 saturated heterocycles. The number of nitrogens with zero attached hydrogens (tertiary/aromatic N) is 1. The first-order valence-electron chi connectivity index (χ1n) is 5.86. The average Bonchev–Trinajstić information content (AvgIpc) is 2.41. The molecule has 2 aromatic rings. The van der Waals surface area contributed by atoms with Crippen LogP contribution < -0.4 is 5.32 Å². The molecule has 0 spiro atoms. The lowest BCUT2D eigenvalue weighted by atomic mass is 10.1. The minimum atomic E-state index is -1.31. The second kappa shape index (κ2) is 5.48. The SMILES string of the molecule is CCc1ccccc1Nc1nccc(C(=O)O)c1F. The lowest BCUT2D eigenvalue weighted by molar-refractivity contribution is 0.0692. The number of hydrogen-bond donors (Lipinski definition) is 2. The van der Waals surface area contributed by atoms with Crippen LogP contribution in [0, 0.1) is 5.82 Å². The summed E-state index contributed by atoms with van der Waals surface area (Å²) in [6.07, 6.45) is 2.05. The second-order valence-corrected chi connectivity index (χ2v) is 3.96. The van der Waals surface area contributed by atoms with Crippen molar-refractivity contribution in [2.45, 2.75) is 13.3 Å². The monoisotopic (exact) mass is 260 g/mol. The van der Waals surface area contributed by atoms with E-state index in [1.807, 2.05) is 25.1 Å². The normalized spacial score (nSPS) is 10.2. The number of halogens is 1. The number of para-hydroxylation sites is 1. The van der Waals surface area contributed by atoms with Crippen molar-refractivity contribution >= 4 is 17.5 Å². The molecule has 98 valence electrons. The number of pyridine rings is 1. The van der Waals surface area contributed by atoms with Crippen LogP contribution >= 0.6 is 0 Å². The van der Waals surface area contributed by atoms with E-state index in [0.29, 0.717) is 0 Å². The van der Waals surface area contributed by atoms with Gasteiger partial charge in [0.1, 0.15) is 5.56 Å². The number of nitrogens with one attached hydrogen (secondary N) is 1. The Morgan fingerprint density at radius 2 is 2.11 bits per heavy atom. The molecule has 0 aliphatic carbocycles. The van der Waals surface area contributed by atoms with Gasteiger partial charge >= 0.3 is 5.97 Å². The predicted molar refractivity (Wildman–Crippen MR) is 70.3 cm³/mol. The summed E-state index contributed by atoms with van der Waals surface area (Å²) >= 11 is 0. The molecule has 2 N–H and O–H groups in total. The van der Waals surface area contributed by atoms with Crippen molar-refractivity contribution in [1.29, 1.82) is 0 Å². The molecule has 0 amide bonds. The summed E-state index contributed by atoms with van der Waals surface area (Å²) in [6, 6.07) is 8.56. The van der Waals surface area contributed by atoms with E-state index in [2.05, 4.69) is 10.3 Å². The topological polar surface area (TPSA) is 62.2 Å². The minimum absolute atomic E-state index is 0.0826. The highest BCUT2D eigenvalue weighted by Crippen LogP contribution is 2.23. The number of benzene rings is 1. The van der Waals surface area contributed by atoms with Crippen LogP contribution in [-0.4, -0.2) is 16.1 Å². The fourth-order valence-electron chi connectivity index (χ4n) is 1.77. The minimum Gasteiger partial charge on any atom is -0.478 e. The van der Waals surface area contributed by atoms with Gasteiger partial charge in [-0.25, -0.2) is 14.2 Å². The third-order valence-electron chi connectivity index (χ3n) is 2.77. The Balaban J connectivity index is 2.39. The van der Waals surface area contributed by atoms with Crippen LogP contribution in [0.2, 0.25) is 0 Å². The highest BCUT2D eigenvalue weighted by Gasteiger charge is 2.15. The Bertz CT molecular complexity index is 614. The maximum Gasteiger partial charge on any atom is 0.338 e. The van der Waals surface area contributed by atoms with Crippen molar-refractivity contribution < 1.29 is 14.3 Å². The standard InChI is InChI=1S/C14H13FN2O2/c1-2-9-5-3-4-6-11(9)17-13-12(15)10(14(18)19)7-8-16-13/h3-8H,2H2,1H3,(H,16,17)(H,18,19). The molecule has 0 unspecified atom stereocenters. The van der Waals surface area contributed by atoms with Crippen LogP contribution in [0.25, 0.3) is 0 Å². The largest absolute Gasteiger partial charge is 0.478 e. The van der Waals surface area contributed by atoms with Gasteiger partial charge in [-0.05, 0) is 24.1 Å². The van der Waals surface area contributed by atoms with E-state index < -0.39 is 17.3 Å². The van der Waals surface area contributed by atoms with Crippen LogP contribution in [0.1, 0.15) is 22.8 Å². The van der Waals surface area contributed by atoms with Crippen LogP contribution in [-0.2, 0) is 6.42 Å². The van der Waals surface area contributed by atoms with Crippen molar-refractivity contribution in [3.63, 3.8) is 0 Å². The molecule has 0 bridgehead atoms. The summed E-state index contributed by atoms with van der Waals surface area (Å²) in [5.41, 5.74) is 1.33. The van der Waals surface area contributed by atoms with Crippen LogP contribution in [0.5, 0.6) is 0 Å². The fourth-order valence-corrected chi connectivity index (χ4v) is 1.77. The molecule has 0 radical (unpaired) electrons. The number of aromatic carboxylic acids is 1. The Morgan fingerprint density at radius 3 is 2.79 bits per heavy atom. The van der Waals surface area contributed by atoms with E-state index >= 15 is 0 Å². The summed E-state index contributed by atoms with van der Waals surface area (Å²) in [6.45, 7) is 1.98. The predicted octanol–water partition coefficient (Wildman–Crippen LogP) is 3.22. The van der Waals surface area contributed by atoms with Crippen molar-refractivity contribution in [3.05, 3.63) is 53.5 Å². The molecule has 1 aromatic heterocycles. The smallest absolute Gasteiger partial charge is 0.338 e. The second-order valence-electron chi connectivity index (χ2n) is 3.96. The van der Waals surface area contributed by atoms with Gasteiger partial charge in [-0.15, -0.1) is 0 Å². The first-order chi connectivity index (χ1) is 9.13. The number of aryl methyl sites for hydroxylation is 1. The number of carbonyl (C=O) groups is 1. The number of anilines is 2. The summed E-state index contributed by atoms with van der Waals surface area (Å²) in [5, 5.41) is 11.7. The molecule has 0 saturated carbocycles. The Hall–Kier alpha value is -2.43. The molecule has 1 heterocycles. The van der Waals surface area contributed by atoms with Crippen molar-refractivity contribution in [3.8, 4) is 0 Å². The molecule has 0 aliphatic rings. The average molecular weight is 260 g/mol. The number of carboxylic acids is 1. The zero-order valence-corrected chi connectivity index (χ0v) is 10.4. The van der Waals surface area contributed by atoms with Gasteiger partial charge in [0.05, 0.1) is 0 Å². The van der Waals surface area contributed by atoms with Gasteiger partial charge < -0.3 is 10.4 Å².